The number of esters is 1. The Morgan fingerprint density at radius 1 is 1.38 bits per heavy atom. The number of thiophene rings is 1. The molecule has 1 amide bonds. The van der Waals surface area contributed by atoms with Crippen molar-refractivity contribution in [2.75, 3.05) is 18.2 Å². The van der Waals surface area contributed by atoms with E-state index in [9.17, 15) is 9.59 Å². The van der Waals surface area contributed by atoms with Crippen LogP contribution in [0, 0.1) is 5.92 Å². The van der Waals surface area contributed by atoms with Crippen LogP contribution in [0.5, 0.6) is 0 Å². The summed E-state index contributed by atoms with van der Waals surface area (Å²) in [7, 11) is 1.38. The van der Waals surface area contributed by atoms with Crippen molar-refractivity contribution in [2.45, 2.75) is 38.0 Å². The van der Waals surface area contributed by atoms with Crippen LogP contribution >= 0.6 is 23.1 Å². The zero-order valence-electron chi connectivity index (χ0n) is 15.3. The second-order valence-electron chi connectivity index (χ2n) is 6.46. The van der Waals surface area contributed by atoms with Gasteiger partial charge in [-0.15, -0.1) is 23.1 Å². The highest BCUT2D eigenvalue weighted by Gasteiger charge is 2.29. The fraction of sp³-hybridized carbons (Fsp3) is 0.400. The molecule has 26 heavy (non-hydrogen) atoms. The lowest BCUT2D eigenvalue weighted by molar-refractivity contribution is 0.0601. The molecule has 1 atom stereocenters. The van der Waals surface area contributed by atoms with Gasteiger partial charge in [-0.2, -0.15) is 0 Å². The van der Waals surface area contributed by atoms with E-state index in [0.29, 0.717) is 22.0 Å². The number of anilines is 1. The summed E-state index contributed by atoms with van der Waals surface area (Å²) in [6.45, 7) is 4.30. The first-order chi connectivity index (χ1) is 12.5. The molecule has 1 heterocycles. The second kappa shape index (κ2) is 8.27. The average Bonchev–Trinajstić information content (AvgIpc) is 2.98. The van der Waals surface area contributed by atoms with Crippen LogP contribution in [0.25, 0.3) is 0 Å². The smallest absolute Gasteiger partial charge is 0.341 e. The maximum atomic E-state index is 12.7. The van der Waals surface area contributed by atoms with E-state index in [2.05, 4.69) is 19.2 Å². The molecule has 4 nitrogen and oxygen atoms in total. The third kappa shape index (κ3) is 3.96. The third-order valence-corrected chi connectivity index (χ3v) is 6.58. The number of benzene rings is 1. The zero-order chi connectivity index (χ0) is 18.7. The normalized spacial score (nSPS) is 16.0. The lowest BCUT2D eigenvalue weighted by atomic mass is 9.88. The van der Waals surface area contributed by atoms with Gasteiger partial charge in [-0.05, 0) is 54.7 Å². The summed E-state index contributed by atoms with van der Waals surface area (Å²) < 4.78 is 4.98. The predicted octanol–water partition coefficient (Wildman–Crippen LogP) is 5.02. The van der Waals surface area contributed by atoms with E-state index in [1.165, 1.54) is 23.3 Å². The number of thioether (sulfide) groups is 1. The Morgan fingerprint density at radius 2 is 2.19 bits per heavy atom. The largest absolute Gasteiger partial charge is 0.465 e. The summed E-state index contributed by atoms with van der Waals surface area (Å²) in [6.07, 6.45) is 2.86. The molecule has 1 N–H and O–H groups in total. The summed E-state index contributed by atoms with van der Waals surface area (Å²) in [5.41, 5.74) is 2.18. The van der Waals surface area contributed by atoms with Crippen LogP contribution in [0.1, 0.15) is 51.4 Å². The third-order valence-electron chi connectivity index (χ3n) is 4.54. The van der Waals surface area contributed by atoms with Gasteiger partial charge in [0.15, 0.2) is 0 Å². The van der Waals surface area contributed by atoms with Crippen LogP contribution < -0.4 is 5.32 Å². The van der Waals surface area contributed by atoms with Gasteiger partial charge in [-0.3, -0.25) is 4.79 Å². The van der Waals surface area contributed by atoms with Crippen molar-refractivity contribution in [3.8, 4) is 0 Å². The molecule has 0 aliphatic heterocycles. The molecule has 1 aromatic carbocycles. The van der Waals surface area contributed by atoms with Crippen LogP contribution in [0.3, 0.4) is 0 Å². The zero-order valence-corrected chi connectivity index (χ0v) is 16.9. The summed E-state index contributed by atoms with van der Waals surface area (Å²) in [6, 6.07) is 7.56. The highest BCUT2D eigenvalue weighted by atomic mass is 32.2. The fourth-order valence-electron chi connectivity index (χ4n) is 3.23. The Bertz CT molecular complexity index is 828. The molecule has 1 aliphatic rings. The molecule has 0 spiro atoms. The topological polar surface area (TPSA) is 55.4 Å². The van der Waals surface area contributed by atoms with Gasteiger partial charge in [0.05, 0.1) is 12.7 Å². The SMILES string of the molecule is CCSc1cccc(C(=O)Nc2sc3c(c2C(=O)OC)CC[C@@H](C)C3)c1. The van der Waals surface area contributed by atoms with Gasteiger partial charge in [0.25, 0.3) is 5.91 Å². The number of nitrogens with one attached hydrogen (secondary N) is 1. The number of hydrogen-bond donors (Lipinski definition) is 1. The van der Waals surface area contributed by atoms with E-state index in [4.69, 9.17) is 4.74 Å². The van der Waals surface area contributed by atoms with Crippen LogP contribution in [0.15, 0.2) is 29.2 Å². The average molecular weight is 390 g/mol. The first-order valence-electron chi connectivity index (χ1n) is 8.80. The fourth-order valence-corrected chi connectivity index (χ4v) is 5.34. The van der Waals surface area contributed by atoms with E-state index < -0.39 is 0 Å². The standard InChI is InChI=1S/C20H23NO3S2/c1-4-25-14-7-5-6-13(11-14)18(22)21-19-17(20(23)24-3)15-9-8-12(2)10-16(15)26-19/h5-7,11-12H,4,8-10H2,1-3H3,(H,21,22)/t12-/m1/s1. The van der Waals surface area contributed by atoms with Crippen molar-refractivity contribution in [3.63, 3.8) is 0 Å². The van der Waals surface area contributed by atoms with E-state index in [-0.39, 0.29) is 11.9 Å². The second-order valence-corrected chi connectivity index (χ2v) is 8.91. The molecular formula is C20H23NO3S2. The van der Waals surface area contributed by atoms with Gasteiger partial charge in [0, 0.05) is 15.3 Å². The molecule has 0 saturated heterocycles. The van der Waals surface area contributed by atoms with Gasteiger partial charge in [-0.1, -0.05) is 19.9 Å². The molecular weight excluding hydrogens is 366 g/mol. The summed E-state index contributed by atoms with van der Waals surface area (Å²) in [4.78, 5) is 27.3. The van der Waals surface area contributed by atoms with Crippen LogP contribution in [-0.4, -0.2) is 24.7 Å². The monoisotopic (exact) mass is 389 g/mol. The Kier molecular flexibility index (Phi) is 6.04. The predicted molar refractivity (Wildman–Crippen MR) is 108 cm³/mol. The number of hydrogen-bond acceptors (Lipinski definition) is 5. The van der Waals surface area contributed by atoms with Gasteiger partial charge >= 0.3 is 5.97 Å². The molecule has 0 unspecified atom stereocenters. The number of methoxy groups -OCH3 is 1. The molecule has 0 radical (unpaired) electrons. The van der Waals surface area contributed by atoms with Crippen molar-refractivity contribution in [1.82, 2.24) is 0 Å². The molecule has 1 aromatic heterocycles. The van der Waals surface area contributed by atoms with Gasteiger partial charge in [0.2, 0.25) is 0 Å². The molecule has 1 aliphatic carbocycles. The molecule has 0 bridgehead atoms. The molecule has 0 fully saturated rings. The van der Waals surface area contributed by atoms with Crippen LogP contribution in [0.2, 0.25) is 0 Å². The van der Waals surface area contributed by atoms with E-state index in [1.807, 2.05) is 18.2 Å². The Balaban J connectivity index is 1.90. The number of rotatable bonds is 5. The minimum Gasteiger partial charge on any atom is -0.465 e. The van der Waals surface area contributed by atoms with Crippen molar-refractivity contribution < 1.29 is 14.3 Å². The van der Waals surface area contributed by atoms with Crippen molar-refractivity contribution in [3.05, 3.63) is 45.8 Å². The number of ether oxygens (including phenoxy) is 1. The molecule has 0 saturated carbocycles. The van der Waals surface area contributed by atoms with Crippen molar-refractivity contribution in [2.24, 2.45) is 5.92 Å². The minimum atomic E-state index is -0.373. The lowest BCUT2D eigenvalue weighted by Gasteiger charge is -2.18. The van der Waals surface area contributed by atoms with Gasteiger partial charge in [-0.25, -0.2) is 4.79 Å². The van der Waals surface area contributed by atoms with Gasteiger partial charge in [0.1, 0.15) is 5.00 Å². The summed E-state index contributed by atoms with van der Waals surface area (Å²) in [5.74, 6) is 0.980. The van der Waals surface area contributed by atoms with Crippen molar-refractivity contribution in [1.29, 1.82) is 0 Å². The molecule has 3 rings (SSSR count). The van der Waals surface area contributed by atoms with E-state index in [1.54, 1.807) is 17.8 Å². The summed E-state index contributed by atoms with van der Waals surface area (Å²) in [5, 5.41) is 3.56. The van der Waals surface area contributed by atoms with Gasteiger partial charge < -0.3 is 10.1 Å². The lowest BCUT2D eigenvalue weighted by Crippen LogP contribution is -2.16. The highest BCUT2D eigenvalue weighted by molar-refractivity contribution is 7.99. The number of carbonyl (C=O) groups is 2. The van der Waals surface area contributed by atoms with E-state index >= 15 is 0 Å². The highest BCUT2D eigenvalue weighted by Crippen LogP contribution is 2.40. The van der Waals surface area contributed by atoms with Crippen LogP contribution in [-0.2, 0) is 17.6 Å². The Morgan fingerprint density at radius 3 is 2.92 bits per heavy atom. The maximum absolute atomic E-state index is 12.7. The molecule has 138 valence electrons. The molecule has 6 heteroatoms. The molecule has 2 aromatic rings. The van der Waals surface area contributed by atoms with Crippen LogP contribution in [0.4, 0.5) is 5.00 Å². The van der Waals surface area contributed by atoms with E-state index in [0.717, 1.165) is 35.5 Å². The summed E-state index contributed by atoms with van der Waals surface area (Å²) >= 11 is 3.20. The number of amides is 1. The first-order valence-corrected chi connectivity index (χ1v) is 10.6. The van der Waals surface area contributed by atoms with Crippen molar-refractivity contribution >= 4 is 40.0 Å². The Hall–Kier alpha value is -1.79. The maximum Gasteiger partial charge on any atom is 0.341 e. The Labute approximate surface area is 162 Å². The minimum absolute atomic E-state index is 0.194. The quantitative estimate of drug-likeness (QED) is 0.576. The number of carbonyl (C=O) groups excluding carboxylic acids is 2. The number of fused-ring (bicyclic) bond motifs is 1. The first kappa shape index (κ1) is 19.0.